The maximum absolute atomic E-state index is 14.7. The molecule has 3 heterocycles. The number of carbonyl (C=O) groups is 1. The van der Waals surface area contributed by atoms with Gasteiger partial charge in [-0.15, -0.1) is 11.3 Å². The van der Waals surface area contributed by atoms with E-state index in [2.05, 4.69) is 15.6 Å². The Balaban J connectivity index is 1.55. The SMILES string of the molecule is CC1(c2sc(C(=O)Nc3ccc(F)cn3)c3c2CCCC3)CC(c2cc(Cl)cc(Cl)c2)(C(F)(F)F)CN1. The highest BCUT2D eigenvalue weighted by Crippen LogP contribution is 2.55. The number of fused-ring (bicyclic) bond motifs is 1. The Morgan fingerprint density at radius 3 is 2.41 bits per heavy atom. The zero-order valence-corrected chi connectivity index (χ0v) is 22.1. The van der Waals surface area contributed by atoms with Crippen LogP contribution in [0, 0.1) is 5.82 Å². The lowest BCUT2D eigenvalue weighted by molar-refractivity contribution is -0.186. The molecule has 11 heteroatoms. The predicted molar refractivity (Wildman–Crippen MR) is 137 cm³/mol. The zero-order chi connectivity index (χ0) is 26.6. The van der Waals surface area contributed by atoms with Crippen molar-refractivity contribution in [2.75, 3.05) is 11.9 Å². The van der Waals surface area contributed by atoms with Gasteiger partial charge >= 0.3 is 6.18 Å². The number of benzene rings is 1. The van der Waals surface area contributed by atoms with E-state index in [0.717, 1.165) is 35.0 Å². The summed E-state index contributed by atoms with van der Waals surface area (Å²) in [4.78, 5) is 18.3. The van der Waals surface area contributed by atoms with Gasteiger partial charge in [-0.25, -0.2) is 9.37 Å². The third-order valence-corrected chi connectivity index (χ3v) is 9.26. The molecule has 196 valence electrons. The van der Waals surface area contributed by atoms with Crippen molar-refractivity contribution in [2.24, 2.45) is 0 Å². The van der Waals surface area contributed by atoms with Crippen LogP contribution in [0.15, 0.2) is 36.5 Å². The standard InChI is InChI=1S/C26H23Cl2F4N3OS/c1-24(12-25(13-34-24,26(30,31)32)14-8-15(27)10-16(28)9-14)22-19-5-3-2-4-18(19)21(37-22)23(36)35-20-7-6-17(29)11-33-20/h6-11,34H,2-5,12-13H2,1H3,(H,33,35,36). The van der Waals surface area contributed by atoms with Crippen molar-refractivity contribution < 1.29 is 22.4 Å². The Labute approximate surface area is 225 Å². The Morgan fingerprint density at radius 1 is 1.11 bits per heavy atom. The molecular formula is C26H23Cl2F4N3OS. The minimum absolute atomic E-state index is 0.0134. The molecular weight excluding hydrogens is 549 g/mol. The summed E-state index contributed by atoms with van der Waals surface area (Å²) in [7, 11) is 0. The second-order valence-electron chi connectivity index (χ2n) is 9.84. The number of alkyl halides is 3. The number of pyridine rings is 1. The van der Waals surface area contributed by atoms with Crippen molar-refractivity contribution in [3.63, 3.8) is 0 Å². The van der Waals surface area contributed by atoms with Gasteiger partial charge in [-0.2, -0.15) is 13.2 Å². The van der Waals surface area contributed by atoms with E-state index in [0.29, 0.717) is 17.7 Å². The van der Waals surface area contributed by atoms with Crippen LogP contribution in [0.4, 0.5) is 23.4 Å². The Hall–Kier alpha value is -2.20. The van der Waals surface area contributed by atoms with Gasteiger partial charge < -0.3 is 10.6 Å². The normalized spacial score (nSPS) is 23.6. The first-order chi connectivity index (χ1) is 17.4. The molecule has 3 aromatic rings. The Morgan fingerprint density at radius 2 is 1.78 bits per heavy atom. The second kappa shape index (κ2) is 9.52. The molecule has 1 fully saturated rings. The monoisotopic (exact) mass is 571 g/mol. The lowest BCUT2D eigenvalue weighted by atomic mass is 9.73. The van der Waals surface area contributed by atoms with E-state index in [1.54, 1.807) is 6.92 Å². The van der Waals surface area contributed by atoms with Crippen LogP contribution >= 0.6 is 34.5 Å². The van der Waals surface area contributed by atoms with Crippen LogP contribution < -0.4 is 10.6 Å². The van der Waals surface area contributed by atoms with E-state index >= 15 is 0 Å². The van der Waals surface area contributed by atoms with Crippen LogP contribution in [0.2, 0.25) is 10.0 Å². The van der Waals surface area contributed by atoms with Crippen LogP contribution in [0.3, 0.4) is 0 Å². The predicted octanol–water partition coefficient (Wildman–Crippen LogP) is 7.43. The number of hydrogen-bond donors (Lipinski definition) is 2. The topological polar surface area (TPSA) is 54.0 Å². The van der Waals surface area contributed by atoms with Crippen molar-refractivity contribution in [1.29, 1.82) is 0 Å². The summed E-state index contributed by atoms with van der Waals surface area (Å²) in [6.45, 7) is 1.41. The molecule has 37 heavy (non-hydrogen) atoms. The van der Waals surface area contributed by atoms with E-state index in [9.17, 15) is 22.4 Å². The fourth-order valence-electron chi connectivity index (χ4n) is 5.52. The number of carbonyl (C=O) groups excluding carboxylic acids is 1. The molecule has 0 bridgehead atoms. The number of amides is 1. The highest BCUT2D eigenvalue weighted by atomic mass is 35.5. The van der Waals surface area contributed by atoms with E-state index in [1.807, 2.05) is 0 Å². The molecule has 0 radical (unpaired) electrons. The molecule has 2 atom stereocenters. The Bertz CT molecular complexity index is 1340. The molecule has 2 aliphatic rings. The average Bonchev–Trinajstić information content (AvgIpc) is 3.40. The molecule has 0 spiro atoms. The number of anilines is 1. The summed E-state index contributed by atoms with van der Waals surface area (Å²) in [5, 5.41) is 6.14. The van der Waals surface area contributed by atoms with Crippen molar-refractivity contribution in [2.45, 2.75) is 56.2 Å². The maximum atomic E-state index is 14.7. The fraction of sp³-hybridized carbons (Fsp3) is 0.385. The van der Waals surface area contributed by atoms with Gasteiger partial charge in [0.1, 0.15) is 17.1 Å². The van der Waals surface area contributed by atoms with Gasteiger partial charge in [-0.3, -0.25) is 4.79 Å². The highest BCUT2D eigenvalue weighted by Gasteiger charge is 2.63. The van der Waals surface area contributed by atoms with Gasteiger partial charge in [0.05, 0.1) is 16.6 Å². The third kappa shape index (κ3) is 4.75. The lowest BCUT2D eigenvalue weighted by Crippen LogP contribution is -2.44. The maximum Gasteiger partial charge on any atom is 0.399 e. The molecule has 1 saturated heterocycles. The molecule has 5 rings (SSSR count). The average molecular weight is 572 g/mol. The summed E-state index contributed by atoms with van der Waals surface area (Å²) in [6.07, 6.45) is -0.714. The number of thiophene rings is 1. The number of halogens is 6. The molecule has 2 N–H and O–H groups in total. The minimum atomic E-state index is -4.57. The number of hydrogen-bond acceptors (Lipinski definition) is 4. The van der Waals surface area contributed by atoms with E-state index in [4.69, 9.17) is 23.2 Å². The van der Waals surface area contributed by atoms with Crippen molar-refractivity contribution in [3.8, 4) is 0 Å². The summed E-state index contributed by atoms with van der Waals surface area (Å²) in [5.74, 6) is -0.730. The van der Waals surface area contributed by atoms with Crippen LogP contribution in [0.5, 0.6) is 0 Å². The second-order valence-corrected chi connectivity index (χ2v) is 11.7. The molecule has 1 amide bonds. The van der Waals surface area contributed by atoms with Crippen LogP contribution in [0.1, 0.15) is 57.4 Å². The summed E-state index contributed by atoms with van der Waals surface area (Å²) in [6, 6.07) is 6.62. The minimum Gasteiger partial charge on any atom is -0.306 e. The van der Waals surface area contributed by atoms with Crippen LogP contribution in [0.25, 0.3) is 0 Å². The van der Waals surface area contributed by atoms with Crippen molar-refractivity contribution in [3.05, 3.63) is 78.8 Å². The number of rotatable bonds is 4. The molecule has 4 nitrogen and oxygen atoms in total. The van der Waals surface area contributed by atoms with E-state index < -0.39 is 28.9 Å². The molecule has 1 aliphatic heterocycles. The number of nitrogens with zero attached hydrogens (tertiary/aromatic N) is 1. The molecule has 1 aromatic carbocycles. The molecule has 2 unspecified atom stereocenters. The first-order valence-electron chi connectivity index (χ1n) is 11.8. The lowest BCUT2D eigenvalue weighted by Gasteiger charge is -2.34. The van der Waals surface area contributed by atoms with Crippen molar-refractivity contribution in [1.82, 2.24) is 10.3 Å². The first kappa shape index (κ1) is 26.4. The Kier molecular flexibility index (Phi) is 6.80. The quantitative estimate of drug-likeness (QED) is 0.320. The van der Waals surface area contributed by atoms with Gasteiger partial charge in [0.25, 0.3) is 5.91 Å². The largest absolute Gasteiger partial charge is 0.399 e. The zero-order valence-electron chi connectivity index (χ0n) is 19.7. The summed E-state index contributed by atoms with van der Waals surface area (Å²) in [5.41, 5.74) is -1.43. The van der Waals surface area contributed by atoms with Gasteiger partial charge in [-0.1, -0.05) is 23.2 Å². The fourth-order valence-corrected chi connectivity index (χ4v) is 7.46. The number of nitrogens with one attached hydrogen (secondary N) is 2. The van der Waals surface area contributed by atoms with E-state index in [1.165, 1.54) is 41.7 Å². The molecule has 0 saturated carbocycles. The summed E-state index contributed by atoms with van der Waals surface area (Å²) >= 11 is 13.4. The smallest absolute Gasteiger partial charge is 0.306 e. The van der Waals surface area contributed by atoms with Gasteiger partial charge in [0.2, 0.25) is 0 Å². The summed E-state index contributed by atoms with van der Waals surface area (Å²) < 4.78 is 57.5. The van der Waals surface area contributed by atoms with Gasteiger partial charge in [0, 0.05) is 21.5 Å². The first-order valence-corrected chi connectivity index (χ1v) is 13.4. The highest BCUT2D eigenvalue weighted by molar-refractivity contribution is 7.14. The molecule has 1 aliphatic carbocycles. The van der Waals surface area contributed by atoms with Gasteiger partial charge in [0.15, 0.2) is 0 Å². The van der Waals surface area contributed by atoms with Crippen LogP contribution in [-0.4, -0.2) is 23.6 Å². The number of aromatic nitrogens is 1. The molecule has 2 aromatic heterocycles. The van der Waals surface area contributed by atoms with E-state index in [-0.39, 0.29) is 34.4 Å². The van der Waals surface area contributed by atoms with Gasteiger partial charge in [-0.05, 0) is 86.1 Å². The van der Waals surface area contributed by atoms with Crippen molar-refractivity contribution >= 4 is 46.3 Å². The third-order valence-electron chi connectivity index (χ3n) is 7.29. The van der Waals surface area contributed by atoms with Crippen LogP contribution in [-0.2, 0) is 23.8 Å².